The van der Waals surface area contributed by atoms with Gasteiger partial charge in [-0.25, -0.2) is 4.79 Å². The normalized spacial score (nSPS) is 11.4. The molecular weight excluding hydrogens is 361 g/mol. The zero-order chi connectivity index (χ0) is 19.6. The van der Waals surface area contributed by atoms with Crippen LogP contribution < -0.4 is 4.74 Å². The van der Waals surface area contributed by atoms with Crippen molar-refractivity contribution in [2.24, 2.45) is 0 Å². The van der Waals surface area contributed by atoms with Crippen molar-refractivity contribution in [1.29, 1.82) is 0 Å². The number of carbonyl (C=O) groups is 1. The van der Waals surface area contributed by atoms with Crippen molar-refractivity contribution in [1.82, 2.24) is 10.2 Å². The minimum absolute atomic E-state index is 0.0132. The van der Waals surface area contributed by atoms with E-state index in [-0.39, 0.29) is 23.8 Å². The van der Waals surface area contributed by atoms with Crippen LogP contribution in [0, 0.1) is 6.92 Å². The molecule has 140 valence electrons. The van der Waals surface area contributed by atoms with E-state index < -0.39 is 17.7 Å². The van der Waals surface area contributed by atoms with Gasteiger partial charge in [-0.2, -0.15) is 13.2 Å². The van der Waals surface area contributed by atoms with Crippen LogP contribution in [-0.4, -0.2) is 22.8 Å². The monoisotopic (exact) mass is 376 g/mol. The zero-order valence-corrected chi connectivity index (χ0v) is 14.5. The number of hydrogen-bond donors (Lipinski definition) is 0. The number of aryl methyl sites for hydroxylation is 1. The average molecular weight is 376 g/mol. The molecule has 0 spiro atoms. The first kappa shape index (κ1) is 18.6. The lowest BCUT2D eigenvalue weighted by Gasteiger charge is -2.13. The van der Waals surface area contributed by atoms with E-state index in [4.69, 9.17) is 9.47 Å². The van der Waals surface area contributed by atoms with Crippen molar-refractivity contribution in [3.05, 3.63) is 59.2 Å². The lowest BCUT2D eigenvalue weighted by Crippen LogP contribution is -2.10. The molecule has 5 nitrogen and oxygen atoms in total. The first-order valence-electron chi connectivity index (χ1n) is 8.09. The van der Waals surface area contributed by atoms with E-state index >= 15 is 0 Å². The van der Waals surface area contributed by atoms with E-state index in [9.17, 15) is 18.0 Å². The van der Waals surface area contributed by atoms with E-state index in [1.807, 2.05) is 6.92 Å². The van der Waals surface area contributed by atoms with Crippen LogP contribution >= 0.6 is 0 Å². The maximum atomic E-state index is 12.9. The van der Waals surface area contributed by atoms with Crippen LogP contribution in [-0.2, 0) is 10.9 Å². The Morgan fingerprint density at radius 1 is 1.11 bits per heavy atom. The predicted molar refractivity (Wildman–Crippen MR) is 91.7 cm³/mol. The Hall–Kier alpha value is -3.16. The van der Waals surface area contributed by atoms with E-state index in [0.29, 0.717) is 10.9 Å². The van der Waals surface area contributed by atoms with Crippen LogP contribution in [0.25, 0.3) is 10.9 Å². The van der Waals surface area contributed by atoms with Crippen molar-refractivity contribution in [2.45, 2.75) is 20.0 Å². The van der Waals surface area contributed by atoms with Crippen molar-refractivity contribution in [3.8, 4) is 11.6 Å². The highest BCUT2D eigenvalue weighted by Gasteiger charge is 2.31. The largest absolute Gasteiger partial charge is 0.462 e. The molecule has 0 radical (unpaired) electrons. The second-order valence-electron chi connectivity index (χ2n) is 5.75. The summed E-state index contributed by atoms with van der Waals surface area (Å²) in [7, 11) is 0. The van der Waals surface area contributed by atoms with Gasteiger partial charge in [0.15, 0.2) is 0 Å². The van der Waals surface area contributed by atoms with Crippen molar-refractivity contribution >= 4 is 16.9 Å². The molecular formula is C19H15F3N2O3. The van der Waals surface area contributed by atoms with Gasteiger partial charge in [-0.1, -0.05) is 18.2 Å². The number of hydrogen-bond acceptors (Lipinski definition) is 5. The average Bonchev–Trinajstić information content (AvgIpc) is 2.61. The van der Waals surface area contributed by atoms with Crippen molar-refractivity contribution < 1.29 is 27.4 Å². The van der Waals surface area contributed by atoms with Gasteiger partial charge in [0, 0.05) is 5.39 Å². The Balaban J connectivity index is 2.10. The molecule has 0 atom stereocenters. The van der Waals surface area contributed by atoms with Crippen molar-refractivity contribution in [3.63, 3.8) is 0 Å². The SMILES string of the molecule is CCOC(=O)c1c(Oc2cccc(C(F)(F)F)c2)nnc2cc(C)ccc12. The maximum Gasteiger partial charge on any atom is 0.416 e. The summed E-state index contributed by atoms with van der Waals surface area (Å²) < 4.78 is 49.2. The Bertz CT molecular complexity index is 1000. The summed E-state index contributed by atoms with van der Waals surface area (Å²) in [4.78, 5) is 12.4. The number of rotatable bonds is 4. The van der Waals surface area contributed by atoms with Gasteiger partial charge in [0.05, 0.1) is 17.7 Å². The van der Waals surface area contributed by atoms with E-state index in [0.717, 1.165) is 17.7 Å². The third-order valence-electron chi connectivity index (χ3n) is 3.74. The van der Waals surface area contributed by atoms with Crippen LogP contribution in [0.5, 0.6) is 11.6 Å². The maximum absolute atomic E-state index is 12.9. The first-order chi connectivity index (χ1) is 12.8. The van der Waals surface area contributed by atoms with Crippen LogP contribution in [0.4, 0.5) is 13.2 Å². The highest BCUT2D eigenvalue weighted by atomic mass is 19.4. The first-order valence-corrected chi connectivity index (χ1v) is 8.09. The third kappa shape index (κ3) is 3.99. The molecule has 3 rings (SSSR count). The summed E-state index contributed by atoms with van der Waals surface area (Å²) in [6.07, 6.45) is -4.52. The van der Waals surface area contributed by atoms with E-state index in [2.05, 4.69) is 10.2 Å². The minimum atomic E-state index is -4.52. The third-order valence-corrected chi connectivity index (χ3v) is 3.74. The molecule has 0 amide bonds. The fourth-order valence-corrected chi connectivity index (χ4v) is 2.52. The summed E-state index contributed by atoms with van der Waals surface area (Å²) in [5.74, 6) is -1.02. The number of carbonyl (C=O) groups excluding carboxylic acids is 1. The molecule has 8 heteroatoms. The molecule has 1 heterocycles. The molecule has 0 saturated heterocycles. The van der Waals surface area contributed by atoms with Crippen LogP contribution in [0.1, 0.15) is 28.4 Å². The van der Waals surface area contributed by atoms with E-state index in [1.54, 1.807) is 25.1 Å². The molecule has 1 aromatic heterocycles. The summed E-state index contributed by atoms with van der Waals surface area (Å²) in [5.41, 5.74) is 0.508. The molecule has 0 fully saturated rings. The lowest BCUT2D eigenvalue weighted by molar-refractivity contribution is -0.137. The highest BCUT2D eigenvalue weighted by molar-refractivity contribution is 6.05. The van der Waals surface area contributed by atoms with Gasteiger partial charge >= 0.3 is 12.1 Å². The molecule has 0 aliphatic rings. The summed E-state index contributed by atoms with van der Waals surface area (Å²) in [5, 5.41) is 8.33. The van der Waals surface area contributed by atoms with Gasteiger partial charge in [-0.15, -0.1) is 10.2 Å². The Kier molecular flexibility index (Phi) is 4.98. The minimum Gasteiger partial charge on any atom is -0.462 e. The number of alkyl halides is 3. The molecule has 0 aliphatic carbocycles. The molecule has 0 saturated carbocycles. The fraction of sp³-hybridized carbons (Fsp3) is 0.211. The second-order valence-corrected chi connectivity index (χ2v) is 5.75. The standard InChI is InChI=1S/C19H15F3N2O3/c1-3-26-18(25)16-14-8-7-11(2)9-15(14)23-24-17(16)27-13-6-4-5-12(10-13)19(20,21)22/h4-10H,3H2,1-2H3. The molecule has 27 heavy (non-hydrogen) atoms. The smallest absolute Gasteiger partial charge is 0.416 e. The zero-order valence-electron chi connectivity index (χ0n) is 14.5. The Morgan fingerprint density at radius 3 is 2.59 bits per heavy atom. The van der Waals surface area contributed by atoms with Gasteiger partial charge in [0.25, 0.3) is 5.88 Å². The number of aromatic nitrogens is 2. The topological polar surface area (TPSA) is 61.3 Å². The van der Waals surface area contributed by atoms with Gasteiger partial charge in [-0.3, -0.25) is 0 Å². The van der Waals surface area contributed by atoms with Crippen LogP contribution in [0.2, 0.25) is 0 Å². The highest BCUT2D eigenvalue weighted by Crippen LogP contribution is 2.34. The number of benzene rings is 2. The fourth-order valence-electron chi connectivity index (χ4n) is 2.52. The number of halogens is 3. The van der Waals surface area contributed by atoms with Gasteiger partial charge in [0.1, 0.15) is 11.3 Å². The van der Waals surface area contributed by atoms with Crippen molar-refractivity contribution in [2.75, 3.05) is 6.61 Å². The number of fused-ring (bicyclic) bond motifs is 1. The molecule has 0 N–H and O–H groups in total. The van der Waals surface area contributed by atoms with Gasteiger partial charge in [0.2, 0.25) is 0 Å². The number of esters is 1. The van der Waals surface area contributed by atoms with Crippen LogP contribution in [0.15, 0.2) is 42.5 Å². The quantitative estimate of drug-likeness (QED) is 0.605. The molecule has 2 aromatic carbocycles. The Morgan fingerprint density at radius 2 is 1.89 bits per heavy atom. The molecule has 0 aliphatic heterocycles. The summed E-state index contributed by atoms with van der Waals surface area (Å²) >= 11 is 0. The second kappa shape index (κ2) is 7.22. The lowest BCUT2D eigenvalue weighted by atomic mass is 10.1. The van der Waals surface area contributed by atoms with Gasteiger partial charge in [-0.05, 0) is 43.7 Å². The predicted octanol–water partition coefficient (Wildman–Crippen LogP) is 4.93. The summed E-state index contributed by atoms with van der Waals surface area (Å²) in [6, 6.07) is 9.49. The summed E-state index contributed by atoms with van der Waals surface area (Å²) in [6.45, 7) is 3.63. The van der Waals surface area contributed by atoms with Crippen LogP contribution in [0.3, 0.4) is 0 Å². The molecule has 0 unspecified atom stereocenters. The van der Waals surface area contributed by atoms with Gasteiger partial charge < -0.3 is 9.47 Å². The molecule has 3 aromatic rings. The van der Waals surface area contributed by atoms with E-state index in [1.165, 1.54) is 12.1 Å². The Labute approximate surface area is 152 Å². The number of nitrogens with zero attached hydrogens (tertiary/aromatic N) is 2. The molecule has 0 bridgehead atoms. The number of ether oxygens (including phenoxy) is 2.